The first-order chi connectivity index (χ1) is 12.1. The number of carbonyl (C=O) groups is 1. The van der Waals surface area contributed by atoms with Crippen molar-refractivity contribution in [3.05, 3.63) is 82.3 Å². The first-order valence-electron chi connectivity index (χ1n) is 7.73. The molecular formula is C20H16Cl2N2O. The maximum absolute atomic E-state index is 12.3. The molecule has 0 aliphatic rings. The molecule has 0 bridgehead atoms. The van der Waals surface area contributed by atoms with Gasteiger partial charge in [0.1, 0.15) is 0 Å². The zero-order valence-electron chi connectivity index (χ0n) is 13.3. The Morgan fingerprint density at radius 3 is 2.20 bits per heavy atom. The van der Waals surface area contributed by atoms with Crippen LogP contribution in [-0.2, 0) is 11.2 Å². The number of hydrogen-bond donors (Lipinski definition) is 2. The van der Waals surface area contributed by atoms with E-state index in [-0.39, 0.29) is 17.4 Å². The second kappa shape index (κ2) is 7.60. The summed E-state index contributed by atoms with van der Waals surface area (Å²) in [6.45, 7) is 0. The van der Waals surface area contributed by atoms with Crippen molar-refractivity contribution in [3.63, 3.8) is 0 Å². The summed E-state index contributed by atoms with van der Waals surface area (Å²) in [7, 11) is 0. The minimum absolute atomic E-state index is 0.207. The average Bonchev–Trinajstić information content (AvgIpc) is 2.63. The molecule has 3 nitrogen and oxygen atoms in total. The highest BCUT2D eigenvalue weighted by Gasteiger charge is 2.17. The summed E-state index contributed by atoms with van der Waals surface area (Å²) in [6.07, 6.45) is 0.230. The Balaban J connectivity index is 1.88. The van der Waals surface area contributed by atoms with Crippen LogP contribution in [-0.4, -0.2) is 5.91 Å². The molecule has 3 aromatic rings. The highest BCUT2D eigenvalue weighted by molar-refractivity contribution is 6.42. The molecule has 25 heavy (non-hydrogen) atoms. The molecule has 0 spiro atoms. The van der Waals surface area contributed by atoms with Crippen LogP contribution in [0.25, 0.3) is 11.1 Å². The number of anilines is 2. The second-order valence-electron chi connectivity index (χ2n) is 5.59. The molecule has 0 saturated heterocycles. The molecule has 0 aliphatic carbocycles. The highest BCUT2D eigenvalue weighted by atomic mass is 35.5. The van der Waals surface area contributed by atoms with Crippen LogP contribution < -0.4 is 11.1 Å². The number of benzene rings is 3. The van der Waals surface area contributed by atoms with Gasteiger partial charge in [-0.25, -0.2) is 0 Å². The Morgan fingerprint density at radius 1 is 0.960 bits per heavy atom. The lowest BCUT2D eigenvalue weighted by molar-refractivity contribution is -0.115. The molecule has 3 rings (SSSR count). The predicted molar refractivity (Wildman–Crippen MR) is 105 cm³/mol. The monoisotopic (exact) mass is 370 g/mol. The molecule has 0 atom stereocenters. The molecule has 0 fully saturated rings. The van der Waals surface area contributed by atoms with E-state index < -0.39 is 0 Å². The normalized spacial score (nSPS) is 10.5. The van der Waals surface area contributed by atoms with Crippen LogP contribution in [0.4, 0.5) is 11.4 Å². The molecule has 126 valence electrons. The predicted octanol–water partition coefficient (Wildman–Crippen LogP) is 5.42. The topological polar surface area (TPSA) is 55.1 Å². The third-order valence-corrected chi connectivity index (χ3v) is 4.50. The van der Waals surface area contributed by atoms with Crippen molar-refractivity contribution in [2.24, 2.45) is 0 Å². The summed E-state index contributed by atoms with van der Waals surface area (Å²) >= 11 is 12.7. The highest BCUT2D eigenvalue weighted by Crippen LogP contribution is 2.41. The van der Waals surface area contributed by atoms with E-state index in [4.69, 9.17) is 28.9 Å². The number of rotatable bonds is 4. The van der Waals surface area contributed by atoms with E-state index in [1.165, 1.54) is 0 Å². The Labute approximate surface area is 156 Å². The number of halogens is 2. The number of nitrogens with two attached hydrogens (primary N) is 1. The minimum atomic E-state index is -0.207. The summed E-state index contributed by atoms with van der Waals surface area (Å²) in [6, 6.07) is 20.7. The van der Waals surface area contributed by atoms with Gasteiger partial charge in [-0.2, -0.15) is 0 Å². The minimum Gasteiger partial charge on any atom is -0.397 e. The second-order valence-corrected chi connectivity index (χ2v) is 6.37. The van der Waals surface area contributed by atoms with Crippen LogP contribution in [0.3, 0.4) is 0 Å². The van der Waals surface area contributed by atoms with Gasteiger partial charge in [0.25, 0.3) is 0 Å². The zero-order chi connectivity index (χ0) is 17.8. The molecule has 3 N–H and O–H groups in total. The van der Waals surface area contributed by atoms with E-state index in [0.717, 1.165) is 16.7 Å². The van der Waals surface area contributed by atoms with Crippen LogP contribution in [0, 0.1) is 0 Å². The molecular weight excluding hydrogens is 355 g/mol. The molecule has 5 heteroatoms. The lowest BCUT2D eigenvalue weighted by Gasteiger charge is -2.15. The van der Waals surface area contributed by atoms with E-state index in [0.29, 0.717) is 16.4 Å². The molecule has 3 aromatic carbocycles. The van der Waals surface area contributed by atoms with Crippen molar-refractivity contribution in [1.29, 1.82) is 0 Å². The summed E-state index contributed by atoms with van der Waals surface area (Å²) in [4.78, 5) is 12.3. The number of nitrogens with one attached hydrogen (secondary N) is 1. The molecule has 1 amide bonds. The van der Waals surface area contributed by atoms with Gasteiger partial charge < -0.3 is 11.1 Å². The standard InChI is InChI=1S/C20H16Cl2N2O/c21-16-12-15(14-9-5-2-6-10-14)19(23)18(22)20(16)24-17(25)11-13-7-3-1-4-8-13/h1-10,12H,11,23H2,(H,24,25). The quantitative estimate of drug-likeness (QED) is 0.602. The number of carbonyl (C=O) groups excluding carboxylic acids is 1. The maximum atomic E-state index is 12.3. The van der Waals surface area contributed by atoms with Crippen LogP contribution in [0.15, 0.2) is 66.7 Å². The maximum Gasteiger partial charge on any atom is 0.228 e. The van der Waals surface area contributed by atoms with Crippen LogP contribution in [0.1, 0.15) is 5.56 Å². The van der Waals surface area contributed by atoms with Gasteiger partial charge >= 0.3 is 0 Å². The van der Waals surface area contributed by atoms with Crippen molar-refractivity contribution >= 4 is 40.5 Å². The molecule has 0 aromatic heterocycles. The van der Waals surface area contributed by atoms with Gasteiger partial charge in [-0.1, -0.05) is 83.9 Å². The van der Waals surface area contributed by atoms with Crippen LogP contribution in [0.5, 0.6) is 0 Å². The van der Waals surface area contributed by atoms with E-state index in [9.17, 15) is 4.79 Å². The number of amides is 1. The van der Waals surface area contributed by atoms with Gasteiger partial charge in [0.15, 0.2) is 0 Å². The molecule has 0 radical (unpaired) electrons. The summed E-state index contributed by atoms with van der Waals surface area (Å²) in [5, 5.41) is 3.35. The lowest BCUT2D eigenvalue weighted by atomic mass is 10.0. The third-order valence-electron chi connectivity index (χ3n) is 3.81. The Kier molecular flexibility index (Phi) is 5.27. The van der Waals surface area contributed by atoms with Gasteiger partial charge in [-0.05, 0) is 17.2 Å². The molecule has 0 unspecified atom stereocenters. The van der Waals surface area contributed by atoms with Crippen molar-refractivity contribution in [3.8, 4) is 11.1 Å². The Bertz CT molecular complexity index is 897. The molecule has 0 aliphatic heterocycles. The summed E-state index contributed by atoms with van der Waals surface area (Å²) in [5.74, 6) is -0.207. The van der Waals surface area contributed by atoms with Crippen molar-refractivity contribution in [2.75, 3.05) is 11.1 Å². The Hall–Kier alpha value is -2.49. The first-order valence-corrected chi connectivity index (χ1v) is 8.48. The van der Waals surface area contributed by atoms with Crippen molar-refractivity contribution in [1.82, 2.24) is 0 Å². The van der Waals surface area contributed by atoms with Gasteiger partial charge in [0.2, 0.25) is 5.91 Å². The van der Waals surface area contributed by atoms with E-state index >= 15 is 0 Å². The third kappa shape index (κ3) is 3.95. The fourth-order valence-corrected chi connectivity index (χ4v) is 3.12. The van der Waals surface area contributed by atoms with E-state index in [1.54, 1.807) is 6.07 Å². The van der Waals surface area contributed by atoms with E-state index in [1.807, 2.05) is 60.7 Å². The summed E-state index contributed by atoms with van der Waals surface area (Å²) in [5.41, 5.74) is 9.43. The van der Waals surface area contributed by atoms with Crippen molar-refractivity contribution < 1.29 is 4.79 Å². The van der Waals surface area contributed by atoms with Crippen LogP contribution in [0.2, 0.25) is 10.0 Å². The first kappa shape index (κ1) is 17.3. The van der Waals surface area contributed by atoms with Crippen LogP contribution >= 0.6 is 23.2 Å². The zero-order valence-corrected chi connectivity index (χ0v) is 14.8. The average molecular weight is 371 g/mol. The summed E-state index contributed by atoms with van der Waals surface area (Å²) < 4.78 is 0. The molecule has 0 saturated carbocycles. The fourth-order valence-electron chi connectivity index (χ4n) is 2.57. The smallest absolute Gasteiger partial charge is 0.228 e. The van der Waals surface area contributed by atoms with Gasteiger partial charge in [-0.3, -0.25) is 4.79 Å². The number of nitrogen functional groups attached to an aromatic ring is 1. The lowest BCUT2D eigenvalue weighted by Crippen LogP contribution is -2.15. The largest absolute Gasteiger partial charge is 0.397 e. The van der Waals surface area contributed by atoms with Gasteiger partial charge in [-0.15, -0.1) is 0 Å². The van der Waals surface area contributed by atoms with Gasteiger partial charge in [0.05, 0.1) is 27.8 Å². The fraction of sp³-hybridized carbons (Fsp3) is 0.0500. The number of hydrogen-bond acceptors (Lipinski definition) is 2. The Morgan fingerprint density at radius 2 is 1.56 bits per heavy atom. The van der Waals surface area contributed by atoms with Crippen molar-refractivity contribution in [2.45, 2.75) is 6.42 Å². The SMILES string of the molecule is Nc1c(-c2ccccc2)cc(Cl)c(NC(=O)Cc2ccccc2)c1Cl. The van der Waals surface area contributed by atoms with Gasteiger partial charge in [0, 0.05) is 5.56 Å². The van der Waals surface area contributed by atoms with E-state index in [2.05, 4.69) is 5.32 Å². The molecule has 0 heterocycles.